The largest absolute Gasteiger partial charge is 0.416 e. The van der Waals surface area contributed by atoms with Crippen LogP contribution in [0, 0.1) is 0 Å². The molecule has 0 spiro atoms. The van der Waals surface area contributed by atoms with Crippen molar-refractivity contribution in [2.24, 2.45) is 0 Å². The fourth-order valence-electron chi connectivity index (χ4n) is 2.56. The molecule has 25 heavy (non-hydrogen) atoms. The van der Waals surface area contributed by atoms with Crippen LogP contribution in [0.4, 0.5) is 19.1 Å². The Hall–Kier alpha value is -2.20. The van der Waals surface area contributed by atoms with Crippen molar-refractivity contribution in [1.82, 2.24) is 14.3 Å². The average Bonchev–Trinajstić information content (AvgIpc) is 2.62. The first kappa shape index (κ1) is 17.6. The van der Waals surface area contributed by atoms with E-state index in [1.807, 2.05) is 4.90 Å². The van der Waals surface area contributed by atoms with Gasteiger partial charge in [-0.05, 0) is 24.3 Å². The lowest BCUT2D eigenvalue weighted by molar-refractivity contribution is -0.137. The van der Waals surface area contributed by atoms with Gasteiger partial charge in [-0.15, -0.1) is 0 Å². The number of alkyl halides is 3. The number of sulfonamides is 1. The van der Waals surface area contributed by atoms with Gasteiger partial charge in [-0.1, -0.05) is 6.07 Å². The molecule has 2 aromatic rings. The monoisotopic (exact) mass is 372 g/mol. The Kier molecular flexibility index (Phi) is 4.65. The summed E-state index contributed by atoms with van der Waals surface area (Å²) in [6, 6.07) is 5.48. The molecule has 0 unspecified atom stereocenters. The molecule has 0 N–H and O–H groups in total. The predicted molar refractivity (Wildman–Crippen MR) is 84.4 cm³/mol. The van der Waals surface area contributed by atoms with E-state index >= 15 is 0 Å². The van der Waals surface area contributed by atoms with Crippen LogP contribution >= 0.6 is 0 Å². The highest BCUT2D eigenvalue weighted by Crippen LogP contribution is 2.31. The predicted octanol–water partition coefficient (Wildman–Crippen LogP) is 2.01. The van der Waals surface area contributed by atoms with Gasteiger partial charge in [-0.3, -0.25) is 0 Å². The number of rotatable bonds is 3. The average molecular weight is 372 g/mol. The zero-order valence-corrected chi connectivity index (χ0v) is 13.8. The summed E-state index contributed by atoms with van der Waals surface area (Å²) in [6.45, 7) is 1.03. The lowest BCUT2D eigenvalue weighted by Gasteiger charge is -2.33. The van der Waals surface area contributed by atoms with Crippen LogP contribution in [0.25, 0.3) is 0 Å². The first-order valence-electron chi connectivity index (χ1n) is 7.48. The Morgan fingerprint density at radius 3 is 2.20 bits per heavy atom. The zero-order valence-electron chi connectivity index (χ0n) is 13.0. The minimum Gasteiger partial charge on any atom is -0.338 e. The van der Waals surface area contributed by atoms with E-state index in [-0.39, 0.29) is 18.0 Å². The first-order chi connectivity index (χ1) is 11.8. The van der Waals surface area contributed by atoms with Gasteiger partial charge in [0, 0.05) is 38.6 Å². The highest BCUT2D eigenvalue weighted by Gasteiger charge is 2.34. The summed E-state index contributed by atoms with van der Waals surface area (Å²) < 4.78 is 64.8. The molecule has 6 nitrogen and oxygen atoms in total. The van der Waals surface area contributed by atoms with Crippen LogP contribution in [0.1, 0.15) is 5.56 Å². The van der Waals surface area contributed by atoms with Crippen molar-refractivity contribution in [3.05, 3.63) is 48.3 Å². The third kappa shape index (κ3) is 3.74. The second kappa shape index (κ2) is 6.60. The molecule has 0 saturated carbocycles. The van der Waals surface area contributed by atoms with Gasteiger partial charge in [0.15, 0.2) is 0 Å². The summed E-state index contributed by atoms with van der Waals surface area (Å²) >= 11 is 0. The second-order valence-corrected chi connectivity index (χ2v) is 7.40. The number of nitrogens with zero attached hydrogens (tertiary/aromatic N) is 4. The molecule has 1 aromatic carbocycles. The summed E-state index contributed by atoms with van der Waals surface area (Å²) in [5, 5.41) is 0. The van der Waals surface area contributed by atoms with Crippen molar-refractivity contribution >= 4 is 16.0 Å². The lowest BCUT2D eigenvalue weighted by Crippen LogP contribution is -2.49. The van der Waals surface area contributed by atoms with E-state index < -0.39 is 21.8 Å². The van der Waals surface area contributed by atoms with E-state index in [9.17, 15) is 21.6 Å². The van der Waals surface area contributed by atoms with Gasteiger partial charge in [0.2, 0.25) is 16.0 Å². The second-order valence-electron chi connectivity index (χ2n) is 5.47. The smallest absolute Gasteiger partial charge is 0.338 e. The first-order valence-corrected chi connectivity index (χ1v) is 8.92. The van der Waals surface area contributed by atoms with Crippen LogP contribution < -0.4 is 4.90 Å². The Bertz CT molecular complexity index is 835. The molecule has 1 aliphatic rings. The van der Waals surface area contributed by atoms with E-state index in [0.717, 1.165) is 12.1 Å². The number of benzene rings is 1. The highest BCUT2D eigenvalue weighted by atomic mass is 32.2. The Labute approximate surface area is 143 Å². The van der Waals surface area contributed by atoms with Gasteiger partial charge in [-0.2, -0.15) is 17.5 Å². The molecule has 1 aromatic heterocycles. The summed E-state index contributed by atoms with van der Waals surface area (Å²) in [4.78, 5) is 9.69. The van der Waals surface area contributed by atoms with Gasteiger partial charge >= 0.3 is 6.18 Å². The van der Waals surface area contributed by atoms with E-state index in [1.54, 1.807) is 18.5 Å². The third-order valence-corrected chi connectivity index (χ3v) is 5.77. The molecule has 2 heterocycles. The molecule has 1 fully saturated rings. The minimum absolute atomic E-state index is 0.150. The van der Waals surface area contributed by atoms with Gasteiger partial charge in [0.05, 0.1) is 10.5 Å². The maximum atomic E-state index is 12.8. The van der Waals surface area contributed by atoms with Crippen LogP contribution in [0.2, 0.25) is 0 Å². The van der Waals surface area contributed by atoms with Crippen molar-refractivity contribution in [2.75, 3.05) is 31.1 Å². The van der Waals surface area contributed by atoms with Crippen molar-refractivity contribution < 1.29 is 21.6 Å². The molecule has 0 amide bonds. The molecular formula is C15H15F3N4O2S. The number of halogens is 3. The molecule has 1 aliphatic heterocycles. The van der Waals surface area contributed by atoms with E-state index in [0.29, 0.717) is 25.1 Å². The van der Waals surface area contributed by atoms with Gasteiger partial charge in [0.1, 0.15) is 0 Å². The fourth-order valence-corrected chi connectivity index (χ4v) is 4.03. The minimum atomic E-state index is -4.59. The number of piperazine rings is 1. The Morgan fingerprint density at radius 1 is 0.960 bits per heavy atom. The zero-order chi connectivity index (χ0) is 18.1. The number of hydrogen-bond donors (Lipinski definition) is 0. The van der Waals surface area contributed by atoms with Crippen LogP contribution in [0.15, 0.2) is 47.6 Å². The Balaban J connectivity index is 1.76. The molecule has 0 aliphatic carbocycles. The number of aromatic nitrogens is 2. The standard InChI is InChI=1S/C15H15F3N4O2S/c16-15(17,18)12-3-1-4-13(11-12)25(23,24)22-9-7-21(8-10-22)14-19-5-2-6-20-14/h1-6,11H,7-10H2. The molecule has 0 radical (unpaired) electrons. The lowest BCUT2D eigenvalue weighted by atomic mass is 10.2. The number of anilines is 1. The Morgan fingerprint density at radius 2 is 1.60 bits per heavy atom. The van der Waals surface area contributed by atoms with Crippen molar-refractivity contribution in [3.8, 4) is 0 Å². The highest BCUT2D eigenvalue weighted by molar-refractivity contribution is 7.89. The normalized spacial score (nSPS) is 16.8. The van der Waals surface area contributed by atoms with Crippen LogP contribution in [-0.2, 0) is 16.2 Å². The van der Waals surface area contributed by atoms with Crippen molar-refractivity contribution in [3.63, 3.8) is 0 Å². The molecule has 0 atom stereocenters. The number of hydrogen-bond acceptors (Lipinski definition) is 5. The third-order valence-electron chi connectivity index (χ3n) is 3.87. The summed E-state index contributed by atoms with van der Waals surface area (Å²) in [6.07, 6.45) is -1.41. The molecular weight excluding hydrogens is 357 g/mol. The topological polar surface area (TPSA) is 66.4 Å². The summed E-state index contributed by atoms with van der Waals surface area (Å²) in [5.41, 5.74) is -0.982. The van der Waals surface area contributed by atoms with Crippen LogP contribution in [0.5, 0.6) is 0 Å². The van der Waals surface area contributed by atoms with Crippen molar-refractivity contribution in [2.45, 2.75) is 11.1 Å². The quantitative estimate of drug-likeness (QED) is 0.825. The van der Waals surface area contributed by atoms with Gasteiger partial charge in [-0.25, -0.2) is 18.4 Å². The van der Waals surface area contributed by atoms with Crippen LogP contribution in [-0.4, -0.2) is 48.9 Å². The van der Waals surface area contributed by atoms with Crippen molar-refractivity contribution in [1.29, 1.82) is 0 Å². The maximum Gasteiger partial charge on any atom is 0.416 e. The summed E-state index contributed by atoms with van der Waals surface area (Å²) in [7, 11) is -3.98. The maximum absolute atomic E-state index is 12.8. The molecule has 10 heteroatoms. The molecule has 134 valence electrons. The van der Waals surface area contributed by atoms with E-state index in [2.05, 4.69) is 9.97 Å². The fraction of sp³-hybridized carbons (Fsp3) is 0.333. The van der Waals surface area contributed by atoms with Crippen LogP contribution in [0.3, 0.4) is 0 Å². The van der Waals surface area contributed by atoms with E-state index in [4.69, 9.17) is 0 Å². The molecule has 1 saturated heterocycles. The molecule has 3 rings (SSSR count). The van der Waals surface area contributed by atoms with Gasteiger partial charge in [0.25, 0.3) is 0 Å². The van der Waals surface area contributed by atoms with E-state index in [1.165, 1.54) is 10.4 Å². The van der Waals surface area contributed by atoms with Gasteiger partial charge < -0.3 is 4.90 Å². The molecule has 0 bridgehead atoms. The SMILES string of the molecule is O=S(=O)(c1cccc(C(F)(F)F)c1)N1CCN(c2ncccn2)CC1. The summed E-state index contributed by atoms with van der Waals surface area (Å²) in [5.74, 6) is 0.499.